The fraction of sp³-hybridized carbons (Fsp3) is 0.885. The molecule has 31 heavy (non-hydrogen) atoms. The van der Waals surface area contributed by atoms with Crippen molar-refractivity contribution in [3.05, 3.63) is 12.2 Å². The summed E-state index contributed by atoms with van der Waals surface area (Å²) in [6.07, 6.45) is 14.5. The van der Waals surface area contributed by atoms with Gasteiger partial charge in [0, 0.05) is 19.1 Å². The zero-order valence-corrected chi connectivity index (χ0v) is 20.2. The van der Waals surface area contributed by atoms with Gasteiger partial charge >= 0.3 is 6.09 Å². The molecule has 0 aromatic rings. The molecule has 0 radical (unpaired) electrons. The maximum Gasteiger partial charge on any atom is 0.411 e. The predicted molar refractivity (Wildman–Crippen MR) is 122 cm³/mol. The van der Waals surface area contributed by atoms with Crippen LogP contribution in [0.4, 0.5) is 4.79 Å². The molecule has 8 atom stereocenters. The van der Waals surface area contributed by atoms with E-state index in [1.807, 2.05) is 25.7 Å². The van der Waals surface area contributed by atoms with E-state index in [0.717, 1.165) is 37.7 Å². The van der Waals surface area contributed by atoms with Gasteiger partial charge in [-0.25, -0.2) is 4.79 Å². The number of methoxy groups -OCH3 is 1. The van der Waals surface area contributed by atoms with Gasteiger partial charge in [-0.2, -0.15) is 0 Å². The average molecular weight is 434 g/mol. The smallest absolute Gasteiger partial charge is 0.411 e. The number of carbonyl (C=O) groups excluding carboxylic acids is 1. The monoisotopic (exact) mass is 433 g/mol. The van der Waals surface area contributed by atoms with Gasteiger partial charge in [-0.3, -0.25) is 4.90 Å². The van der Waals surface area contributed by atoms with Crippen LogP contribution < -0.4 is 0 Å². The summed E-state index contributed by atoms with van der Waals surface area (Å²) in [5.74, 6) is 3.11. The molecule has 5 heteroatoms. The third-order valence-corrected chi connectivity index (χ3v) is 8.23. The molecule has 0 aromatic carbocycles. The number of amides is 1. The van der Waals surface area contributed by atoms with Crippen molar-refractivity contribution in [2.45, 2.75) is 103 Å². The summed E-state index contributed by atoms with van der Waals surface area (Å²) in [4.78, 5) is 15.0. The van der Waals surface area contributed by atoms with Crippen molar-refractivity contribution >= 4 is 6.09 Å². The van der Waals surface area contributed by atoms with Crippen LogP contribution in [-0.4, -0.2) is 48.7 Å². The minimum absolute atomic E-state index is 0.0447. The zero-order valence-electron chi connectivity index (χ0n) is 20.2. The Labute approximate surface area is 188 Å². The fourth-order valence-corrected chi connectivity index (χ4v) is 6.87. The summed E-state index contributed by atoms with van der Waals surface area (Å²) in [5, 5.41) is 0. The van der Waals surface area contributed by atoms with Crippen LogP contribution in [-0.2, 0) is 14.2 Å². The van der Waals surface area contributed by atoms with E-state index in [0.29, 0.717) is 17.8 Å². The largest absolute Gasteiger partial charge is 0.444 e. The van der Waals surface area contributed by atoms with Gasteiger partial charge in [0.1, 0.15) is 5.60 Å². The lowest BCUT2D eigenvalue weighted by Gasteiger charge is -2.47. The van der Waals surface area contributed by atoms with Gasteiger partial charge in [0.05, 0.1) is 12.6 Å². The second kappa shape index (κ2) is 9.43. The van der Waals surface area contributed by atoms with Crippen LogP contribution in [0, 0.1) is 29.6 Å². The van der Waals surface area contributed by atoms with E-state index >= 15 is 0 Å². The van der Waals surface area contributed by atoms with Crippen molar-refractivity contribution in [3.8, 4) is 0 Å². The van der Waals surface area contributed by atoms with Crippen molar-refractivity contribution in [1.82, 2.24) is 4.90 Å². The molecule has 176 valence electrons. The molecule has 4 aliphatic rings. The van der Waals surface area contributed by atoms with E-state index in [1.165, 1.54) is 32.1 Å². The highest BCUT2D eigenvalue weighted by Gasteiger charge is 2.50. The second-order valence-electron chi connectivity index (χ2n) is 11.4. The van der Waals surface area contributed by atoms with E-state index in [-0.39, 0.29) is 24.5 Å². The highest BCUT2D eigenvalue weighted by Crippen LogP contribution is 2.53. The summed E-state index contributed by atoms with van der Waals surface area (Å²) in [6, 6.07) is 0.342. The van der Waals surface area contributed by atoms with E-state index in [2.05, 4.69) is 19.1 Å². The molecule has 2 aliphatic heterocycles. The number of hydrogen-bond donors (Lipinski definition) is 0. The Balaban J connectivity index is 1.54. The molecule has 0 spiro atoms. The molecule has 4 fully saturated rings. The molecule has 4 rings (SSSR count). The van der Waals surface area contributed by atoms with Gasteiger partial charge < -0.3 is 14.2 Å². The Bertz CT molecular complexity index is 656. The first-order chi connectivity index (χ1) is 14.8. The summed E-state index contributed by atoms with van der Waals surface area (Å²) in [6.45, 7) is 8.80. The number of likely N-dealkylation sites (tertiary alicyclic amines) is 1. The van der Waals surface area contributed by atoms with E-state index in [4.69, 9.17) is 14.2 Å². The van der Waals surface area contributed by atoms with Gasteiger partial charge in [-0.1, -0.05) is 31.4 Å². The van der Waals surface area contributed by atoms with Crippen LogP contribution in [0.15, 0.2) is 12.2 Å². The van der Waals surface area contributed by atoms with Crippen molar-refractivity contribution < 1.29 is 19.0 Å². The van der Waals surface area contributed by atoms with E-state index in [1.54, 1.807) is 7.11 Å². The first kappa shape index (κ1) is 23.1. The number of allylic oxidation sites excluding steroid dienone is 1. The minimum atomic E-state index is -0.467. The van der Waals surface area contributed by atoms with Crippen molar-refractivity contribution in [3.63, 3.8) is 0 Å². The Morgan fingerprint density at radius 1 is 1.00 bits per heavy atom. The maximum absolute atomic E-state index is 13.0. The Morgan fingerprint density at radius 3 is 2.52 bits per heavy atom. The van der Waals surface area contributed by atoms with Crippen molar-refractivity contribution in [2.24, 2.45) is 29.6 Å². The topological polar surface area (TPSA) is 48.0 Å². The highest BCUT2D eigenvalue weighted by atomic mass is 16.7. The molecule has 0 N–H and O–H groups in total. The Hall–Kier alpha value is -1.07. The molecular weight excluding hydrogens is 390 g/mol. The molecule has 0 aromatic heterocycles. The average Bonchev–Trinajstić information content (AvgIpc) is 3.12. The highest BCUT2D eigenvalue weighted by molar-refractivity contribution is 5.69. The molecule has 0 bridgehead atoms. The third kappa shape index (κ3) is 4.98. The number of piperidine rings is 1. The van der Waals surface area contributed by atoms with Gasteiger partial charge in [0.25, 0.3) is 0 Å². The number of fused-ring (bicyclic) bond motifs is 2. The number of nitrogens with zero attached hydrogens (tertiary/aromatic N) is 1. The van der Waals surface area contributed by atoms with Crippen LogP contribution >= 0.6 is 0 Å². The number of hydrogen-bond acceptors (Lipinski definition) is 4. The SMILES string of the molecule is COC1OCC2C(/C=C/C3CCC[C@H](C)N3C(=O)OC(C)(C)C)C3CCCCC3CC12. The van der Waals surface area contributed by atoms with Gasteiger partial charge in [0.2, 0.25) is 0 Å². The Morgan fingerprint density at radius 2 is 1.77 bits per heavy atom. The van der Waals surface area contributed by atoms with Crippen molar-refractivity contribution in [2.75, 3.05) is 13.7 Å². The van der Waals surface area contributed by atoms with E-state index < -0.39 is 5.60 Å². The number of carbonyl (C=O) groups is 1. The molecule has 5 nitrogen and oxygen atoms in total. The standard InChI is InChI=1S/C26H43NO4/c1-17-9-8-11-19(27(17)25(28)31-26(2,3)4)13-14-21-20-12-7-6-10-18(20)15-22-23(21)16-30-24(22)29-5/h13-14,17-24H,6-12,15-16H2,1-5H3/b14-13+/t17-,18?,19?,20?,21?,22?,23?,24?/m0/s1. The van der Waals surface area contributed by atoms with Crippen LogP contribution in [0.25, 0.3) is 0 Å². The van der Waals surface area contributed by atoms with Crippen molar-refractivity contribution in [1.29, 1.82) is 0 Å². The molecular formula is C26H43NO4. The Kier molecular flexibility index (Phi) is 7.02. The second-order valence-corrected chi connectivity index (χ2v) is 11.4. The van der Waals surface area contributed by atoms with Gasteiger partial charge in [-0.15, -0.1) is 0 Å². The molecule has 2 aliphatic carbocycles. The van der Waals surface area contributed by atoms with Gasteiger partial charge in [0.15, 0.2) is 6.29 Å². The van der Waals surface area contributed by atoms with Crippen LogP contribution in [0.3, 0.4) is 0 Å². The van der Waals surface area contributed by atoms with Gasteiger partial charge in [-0.05, 0) is 83.5 Å². The van der Waals surface area contributed by atoms with Crippen LogP contribution in [0.1, 0.15) is 79.1 Å². The zero-order chi connectivity index (χ0) is 22.2. The third-order valence-electron chi connectivity index (χ3n) is 8.23. The van der Waals surface area contributed by atoms with Crippen LogP contribution in [0.5, 0.6) is 0 Å². The van der Waals surface area contributed by atoms with E-state index in [9.17, 15) is 4.79 Å². The summed E-state index contributed by atoms with van der Waals surface area (Å²) in [7, 11) is 1.78. The summed E-state index contributed by atoms with van der Waals surface area (Å²) in [5.41, 5.74) is -0.467. The number of rotatable bonds is 3. The molecule has 1 amide bonds. The molecule has 2 saturated heterocycles. The minimum Gasteiger partial charge on any atom is -0.444 e. The molecule has 7 unspecified atom stereocenters. The first-order valence-electron chi connectivity index (χ1n) is 12.6. The lowest BCUT2D eigenvalue weighted by molar-refractivity contribution is -0.118. The lowest BCUT2D eigenvalue weighted by atomic mass is 9.58. The quantitative estimate of drug-likeness (QED) is 0.529. The predicted octanol–water partition coefficient (Wildman–Crippen LogP) is 5.78. The molecule has 2 saturated carbocycles. The molecule has 2 heterocycles. The normalized spacial score (nSPS) is 41.1. The first-order valence-corrected chi connectivity index (χ1v) is 12.6. The summed E-state index contributed by atoms with van der Waals surface area (Å²) < 4.78 is 17.5. The fourth-order valence-electron chi connectivity index (χ4n) is 6.87. The maximum atomic E-state index is 13.0. The lowest BCUT2D eigenvalue weighted by Crippen LogP contribution is -2.50. The van der Waals surface area contributed by atoms with Crippen LogP contribution in [0.2, 0.25) is 0 Å². The number of ether oxygens (including phenoxy) is 3. The summed E-state index contributed by atoms with van der Waals surface area (Å²) >= 11 is 0.